The quantitative estimate of drug-likeness (QED) is 0.412. The summed E-state index contributed by atoms with van der Waals surface area (Å²) in [5.41, 5.74) is 1.23. The fraction of sp³-hybridized carbons (Fsp3) is 0.0455. The molecular weight excluding hydrogens is 408 g/mol. The van der Waals surface area contributed by atoms with E-state index in [9.17, 15) is 8.42 Å². The summed E-state index contributed by atoms with van der Waals surface area (Å²) >= 11 is 5.72. The van der Waals surface area contributed by atoms with Gasteiger partial charge in [0, 0.05) is 11.9 Å². The second-order valence-electron chi connectivity index (χ2n) is 6.51. The second kappa shape index (κ2) is 7.73. The maximum Gasteiger partial charge on any atom is 0.263 e. The van der Waals surface area contributed by atoms with Crippen molar-refractivity contribution in [3.05, 3.63) is 89.7 Å². The average molecular weight is 425 g/mol. The highest BCUT2D eigenvalue weighted by Crippen LogP contribution is 2.30. The van der Waals surface area contributed by atoms with E-state index in [4.69, 9.17) is 16.3 Å². The van der Waals surface area contributed by atoms with Gasteiger partial charge in [-0.25, -0.2) is 13.4 Å². The summed E-state index contributed by atoms with van der Waals surface area (Å²) in [6.45, 7) is 1.86. The lowest BCUT2D eigenvalue weighted by atomic mass is 10.1. The molecule has 0 bridgehead atoms. The number of benzene rings is 3. The Hall–Kier alpha value is -3.09. The Balaban J connectivity index is 1.55. The van der Waals surface area contributed by atoms with Gasteiger partial charge >= 0.3 is 0 Å². The highest BCUT2D eigenvalue weighted by atomic mass is 35.5. The Morgan fingerprint density at radius 2 is 1.72 bits per heavy atom. The summed E-state index contributed by atoms with van der Waals surface area (Å²) in [4.78, 5) is 3.85. The van der Waals surface area contributed by atoms with E-state index in [1.807, 2.05) is 49.4 Å². The number of ether oxygens (including phenoxy) is 1. The van der Waals surface area contributed by atoms with Crippen molar-refractivity contribution in [2.45, 2.75) is 11.8 Å². The van der Waals surface area contributed by atoms with E-state index in [2.05, 4.69) is 9.71 Å². The third-order valence-corrected chi connectivity index (χ3v) is 5.98. The van der Waals surface area contributed by atoms with Gasteiger partial charge in [0.15, 0.2) is 0 Å². The number of aromatic nitrogens is 1. The number of nitrogens with zero attached hydrogens (tertiary/aromatic N) is 1. The van der Waals surface area contributed by atoms with Gasteiger partial charge in [-0.1, -0.05) is 41.9 Å². The van der Waals surface area contributed by atoms with Crippen molar-refractivity contribution in [1.82, 2.24) is 4.98 Å². The summed E-state index contributed by atoms with van der Waals surface area (Å²) in [5.74, 6) is 1.36. The van der Waals surface area contributed by atoms with Crippen molar-refractivity contribution >= 4 is 38.1 Å². The van der Waals surface area contributed by atoms with E-state index in [-0.39, 0.29) is 10.0 Å². The van der Waals surface area contributed by atoms with Crippen LogP contribution in [0.25, 0.3) is 10.8 Å². The van der Waals surface area contributed by atoms with E-state index in [0.717, 1.165) is 16.3 Å². The number of anilines is 1. The standard InChI is InChI=1S/C22H17ClN2O3S/c1-15-12-18(25-29(26,27)20-9-11-22(23)24-14-20)7-10-21(15)28-19-8-6-16-4-2-3-5-17(16)13-19/h2-14,25H,1H3. The zero-order valence-electron chi connectivity index (χ0n) is 15.5. The van der Waals surface area contributed by atoms with Gasteiger partial charge in [0.25, 0.3) is 10.0 Å². The van der Waals surface area contributed by atoms with Crippen LogP contribution in [-0.4, -0.2) is 13.4 Å². The number of hydrogen-bond acceptors (Lipinski definition) is 4. The summed E-state index contributed by atoms with van der Waals surface area (Å²) in [7, 11) is -3.75. The zero-order chi connectivity index (χ0) is 20.4. The predicted octanol–water partition coefficient (Wildman–Crippen LogP) is 5.79. The molecule has 0 aliphatic carbocycles. The molecule has 4 aromatic rings. The van der Waals surface area contributed by atoms with Gasteiger partial charge in [-0.15, -0.1) is 0 Å². The molecule has 0 saturated heterocycles. The summed E-state index contributed by atoms with van der Waals surface area (Å²) in [6, 6.07) is 21.9. The van der Waals surface area contributed by atoms with Crippen molar-refractivity contribution in [3.63, 3.8) is 0 Å². The largest absolute Gasteiger partial charge is 0.457 e. The molecule has 7 heteroatoms. The molecule has 0 aliphatic heterocycles. The number of hydrogen-bond donors (Lipinski definition) is 1. The highest BCUT2D eigenvalue weighted by Gasteiger charge is 2.15. The number of rotatable bonds is 5. The molecular formula is C22H17ClN2O3S. The van der Waals surface area contributed by atoms with Crippen LogP contribution in [0.3, 0.4) is 0 Å². The van der Waals surface area contributed by atoms with Crippen LogP contribution in [0.2, 0.25) is 5.15 Å². The number of nitrogens with one attached hydrogen (secondary N) is 1. The molecule has 146 valence electrons. The van der Waals surface area contributed by atoms with Gasteiger partial charge in [0.1, 0.15) is 21.5 Å². The van der Waals surface area contributed by atoms with Crippen molar-refractivity contribution in [2.24, 2.45) is 0 Å². The minimum Gasteiger partial charge on any atom is -0.457 e. The lowest BCUT2D eigenvalue weighted by molar-refractivity contribution is 0.480. The fourth-order valence-corrected chi connectivity index (χ4v) is 4.03. The van der Waals surface area contributed by atoms with Crippen molar-refractivity contribution in [3.8, 4) is 11.5 Å². The average Bonchev–Trinajstić information content (AvgIpc) is 2.70. The summed E-state index contributed by atoms with van der Waals surface area (Å²) < 4.78 is 33.5. The Labute approximate surface area is 174 Å². The summed E-state index contributed by atoms with van der Waals surface area (Å²) in [6.07, 6.45) is 1.22. The Bertz CT molecular complexity index is 1290. The molecule has 3 aromatic carbocycles. The number of halogens is 1. The maximum atomic E-state index is 12.5. The van der Waals surface area contributed by atoms with E-state index in [1.165, 1.54) is 18.3 Å². The SMILES string of the molecule is Cc1cc(NS(=O)(=O)c2ccc(Cl)nc2)ccc1Oc1ccc2ccccc2c1. The highest BCUT2D eigenvalue weighted by molar-refractivity contribution is 7.92. The third kappa shape index (κ3) is 4.34. The lowest BCUT2D eigenvalue weighted by Gasteiger charge is -2.12. The molecule has 1 heterocycles. The van der Waals surface area contributed by atoms with Crippen LogP contribution < -0.4 is 9.46 Å². The van der Waals surface area contributed by atoms with Crippen molar-refractivity contribution in [1.29, 1.82) is 0 Å². The molecule has 0 unspecified atom stereocenters. The molecule has 0 spiro atoms. The van der Waals surface area contributed by atoms with Gasteiger partial charge in [0.05, 0.1) is 0 Å². The molecule has 4 rings (SSSR count). The normalized spacial score (nSPS) is 11.4. The molecule has 29 heavy (non-hydrogen) atoms. The van der Waals surface area contributed by atoms with Gasteiger partial charge in [-0.05, 0) is 65.7 Å². The summed E-state index contributed by atoms with van der Waals surface area (Å²) in [5, 5.41) is 2.46. The van der Waals surface area contributed by atoms with Crippen LogP contribution >= 0.6 is 11.6 Å². The first-order valence-corrected chi connectivity index (χ1v) is 10.7. The number of fused-ring (bicyclic) bond motifs is 1. The van der Waals surface area contributed by atoms with Crippen LogP contribution in [0, 0.1) is 6.92 Å². The van der Waals surface area contributed by atoms with E-state index >= 15 is 0 Å². The minimum absolute atomic E-state index is 0.0380. The van der Waals surface area contributed by atoms with Crippen LogP contribution in [0.15, 0.2) is 83.9 Å². The van der Waals surface area contributed by atoms with Crippen LogP contribution in [0.5, 0.6) is 11.5 Å². The van der Waals surface area contributed by atoms with Crippen molar-refractivity contribution < 1.29 is 13.2 Å². The van der Waals surface area contributed by atoms with Crippen LogP contribution in [0.4, 0.5) is 5.69 Å². The van der Waals surface area contributed by atoms with Gasteiger partial charge in [0.2, 0.25) is 0 Å². The molecule has 5 nitrogen and oxygen atoms in total. The van der Waals surface area contributed by atoms with Gasteiger partial charge in [-0.2, -0.15) is 0 Å². The van der Waals surface area contributed by atoms with Gasteiger partial charge < -0.3 is 4.74 Å². The molecule has 0 atom stereocenters. The fourth-order valence-electron chi connectivity index (χ4n) is 2.92. The smallest absolute Gasteiger partial charge is 0.263 e. The van der Waals surface area contributed by atoms with E-state index in [0.29, 0.717) is 17.2 Å². The Kier molecular flexibility index (Phi) is 5.13. The van der Waals surface area contributed by atoms with Crippen LogP contribution in [-0.2, 0) is 10.0 Å². The molecule has 0 fully saturated rings. The zero-order valence-corrected chi connectivity index (χ0v) is 17.0. The van der Waals surface area contributed by atoms with Gasteiger partial charge in [-0.3, -0.25) is 4.72 Å². The lowest BCUT2D eigenvalue weighted by Crippen LogP contribution is -2.13. The first-order valence-electron chi connectivity index (χ1n) is 8.82. The predicted molar refractivity (Wildman–Crippen MR) is 115 cm³/mol. The first-order chi connectivity index (χ1) is 13.9. The topological polar surface area (TPSA) is 68.3 Å². The van der Waals surface area contributed by atoms with Crippen LogP contribution in [0.1, 0.15) is 5.56 Å². The molecule has 0 saturated carbocycles. The molecule has 0 radical (unpaired) electrons. The van der Waals surface area contributed by atoms with E-state index in [1.54, 1.807) is 18.2 Å². The molecule has 0 amide bonds. The molecule has 0 aliphatic rings. The Morgan fingerprint density at radius 3 is 2.45 bits per heavy atom. The number of aryl methyl sites for hydroxylation is 1. The minimum atomic E-state index is -3.75. The maximum absolute atomic E-state index is 12.5. The Morgan fingerprint density at radius 1 is 0.931 bits per heavy atom. The first kappa shape index (κ1) is 19.2. The number of sulfonamides is 1. The molecule has 1 N–H and O–H groups in total. The van der Waals surface area contributed by atoms with Crippen molar-refractivity contribution in [2.75, 3.05) is 4.72 Å². The third-order valence-electron chi connectivity index (χ3n) is 4.39. The number of pyridine rings is 1. The second-order valence-corrected chi connectivity index (χ2v) is 8.58. The van der Waals surface area contributed by atoms with E-state index < -0.39 is 10.0 Å². The molecule has 1 aromatic heterocycles. The monoisotopic (exact) mass is 424 g/mol.